The van der Waals surface area contributed by atoms with Gasteiger partial charge in [0.25, 0.3) is 5.91 Å². The van der Waals surface area contributed by atoms with E-state index in [9.17, 15) is 9.59 Å². The highest BCUT2D eigenvalue weighted by molar-refractivity contribution is 6.05. The normalized spacial score (nSPS) is 10.7. The lowest BCUT2D eigenvalue weighted by atomic mass is 10.1. The Morgan fingerprint density at radius 3 is 2.30 bits per heavy atom. The van der Waals surface area contributed by atoms with Crippen LogP contribution in [-0.4, -0.2) is 17.9 Å². The largest absolute Gasteiger partial charge is 0.403 e. The van der Waals surface area contributed by atoms with Gasteiger partial charge in [-0.05, 0) is 48.5 Å². The van der Waals surface area contributed by atoms with Crippen LogP contribution in [0.4, 0.5) is 5.69 Å². The number of hydrogen-bond acceptors (Lipinski definition) is 4. The fourth-order valence-corrected chi connectivity index (χ4v) is 2.86. The molecule has 0 unspecified atom stereocenters. The van der Waals surface area contributed by atoms with Crippen LogP contribution in [0.3, 0.4) is 0 Å². The summed E-state index contributed by atoms with van der Waals surface area (Å²) in [6.45, 7) is 0. The van der Waals surface area contributed by atoms with E-state index in [1.807, 2.05) is 24.3 Å². The molecule has 0 aliphatic heterocycles. The van der Waals surface area contributed by atoms with Crippen LogP contribution in [0.5, 0.6) is 0 Å². The fourth-order valence-electron chi connectivity index (χ4n) is 2.86. The Kier molecular flexibility index (Phi) is 4.26. The Hall–Kier alpha value is -3.73. The van der Waals surface area contributed by atoms with Crippen molar-refractivity contribution in [1.82, 2.24) is 4.98 Å². The zero-order chi connectivity index (χ0) is 18.8. The first-order valence-corrected chi connectivity index (χ1v) is 8.47. The van der Waals surface area contributed by atoms with E-state index in [-0.39, 0.29) is 11.8 Å². The molecule has 0 aliphatic rings. The molecule has 0 N–H and O–H groups in total. The number of carbonyl (C=O) groups excluding carboxylic acids is 1. The third-order valence-corrected chi connectivity index (χ3v) is 4.36. The van der Waals surface area contributed by atoms with Crippen LogP contribution < -0.4 is 10.5 Å². The van der Waals surface area contributed by atoms with Crippen molar-refractivity contribution in [2.45, 2.75) is 0 Å². The molecule has 0 saturated heterocycles. The second kappa shape index (κ2) is 6.88. The van der Waals surface area contributed by atoms with E-state index in [0.29, 0.717) is 22.0 Å². The molecule has 132 valence electrons. The molecule has 3 aromatic carbocycles. The fraction of sp³-hybridized carbons (Fsp3) is 0.0455. The summed E-state index contributed by atoms with van der Waals surface area (Å²) in [6, 6.07) is 23.3. The average Bonchev–Trinajstić information content (AvgIpc) is 2.73. The Morgan fingerprint density at radius 1 is 0.889 bits per heavy atom. The summed E-state index contributed by atoms with van der Waals surface area (Å²) in [7, 11) is 1.72. The molecule has 0 radical (unpaired) electrons. The highest BCUT2D eigenvalue weighted by Crippen LogP contribution is 2.23. The monoisotopic (exact) mass is 356 g/mol. The van der Waals surface area contributed by atoms with Crippen molar-refractivity contribution in [3.63, 3.8) is 0 Å². The van der Waals surface area contributed by atoms with Crippen LogP contribution in [0.25, 0.3) is 22.4 Å². The summed E-state index contributed by atoms with van der Waals surface area (Å²) >= 11 is 0. The van der Waals surface area contributed by atoms with Crippen molar-refractivity contribution in [3.8, 4) is 11.5 Å². The number of carbonyl (C=O) groups is 1. The van der Waals surface area contributed by atoms with Gasteiger partial charge in [0.1, 0.15) is 0 Å². The number of amides is 1. The lowest BCUT2D eigenvalue weighted by Crippen LogP contribution is -2.26. The first-order chi connectivity index (χ1) is 13.1. The highest BCUT2D eigenvalue weighted by Gasteiger charge is 2.14. The molecule has 4 rings (SSSR count). The molecule has 1 aromatic heterocycles. The van der Waals surface area contributed by atoms with E-state index in [4.69, 9.17) is 4.42 Å². The standard InChI is InChI=1S/C22H16N2O3/c1-24(21(25)16-7-3-2-4-8-16)17-13-11-15(12-14-17)20-23-19-10-6-5-9-18(19)22(26)27-20/h2-14H,1H3. The Bertz CT molecular complexity index is 1170. The predicted molar refractivity (Wildman–Crippen MR) is 105 cm³/mol. The van der Waals surface area contributed by atoms with Crippen molar-refractivity contribution in [2.24, 2.45) is 0 Å². The summed E-state index contributed by atoms with van der Waals surface area (Å²) in [6.07, 6.45) is 0. The van der Waals surface area contributed by atoms with Crippen molar-refractivity contribution in [2.75, 3.05) is 11.9 Å². The SMILES string of the molecule is CN(C(=O)c1ccccc1)c1ccc(-c2nc3ccccc3c(=O)o2)cc1. The van der Waals surface area contributed by atoms with E-state index in [1.54, 1.807) is 66.5 Å². The number of benzene rings is 3. The molecule has 0 atom stereocenters. The summed E-state index contributed by atoms with van der Waals surface area (Å²) in [4.78, 5) is 30.7. The molecule has 0 fully saturated rings. The summed E-state index contributed by atoms with van der Waals surface area (Å²) in [5.74, 6) is 0.154. The van der Waals surface area contributed by atoms with Gasteiger partial charge in [-0.15, -0.1) is 0 Å². The van der Waals surface area contributed by atoms with Crippen LogP contribution in [0, 0.1) is 0 Å². The zero-order valence-electron chi connectivity index (χ0n) is 14.6. The second-order valence-corrected chi connectivity index (χ2v) is 6.10. The summed E-state index contributed by atoms with van der Waals surface area (Å²) < 4.78 is 5.35. The number of fused-ring (bicyclic) bond motifs is 1. The number of aromatic nitrogens is 1. The molecule has 4 aromatic rings. The smallest absolute Gasteiger partial charge is 0.347 e. The number of anilines is 1. The molecular formula is C22H16N2O3. The molecule has 5 nitrogen and oxygen atoms in total. The average molecular weight is 356 g/mol. The molecule has 1 amide bonds. The number of rotatable bonds is 3. The van der Waals surface area contributed by atoms with Crippen LogP contribution in [-0.2, 0) is 0 Å². The van der Waals surface area contributed by atoms with Gasteiger partial charge in [-0.3, -0.25) is 4.79 Å². The van der Waals surface area contributed by atoms with Gasteiger partial charge in [0, 0.05) is 23.9 Å². The Morgan fingerprint density at radius 2 is 1.56 bits per heavy atom. The molecule has 0 saturated carbocycles. The first kappa shape index (κ1) is 16.7. The Balaban J connectivity index is 1.64. The van der Waals surface area contributed by atoms with E-state index < -0.39 is 5.63 Å². The first-order valence-electron chi connectivity index (χ1n) is 8.47. The molecular weight excluding hydrogens is 340 g/mol. The van der Waals surface area contributed by atoms with E-state index in [2.05, 4.69) is 4.98 Å². The maximum Gasteiger partial charge on any atom is 0.347 e. The molecule has 27 heavy (non-hydrogen) atoms. The van der Waals surface area contributed by atoms with E-state index >= 15 is 0 Å². The van der Waals surface area contributed by atoms with Gasteiger partial charge in [-0.2, -0.15) is 0 Å². The minimum Gasteiger partial charge on any atom is -0.403 e. The van der Waals surface area contributed by atoms with E-state index in [0.717, 1.165) is 5.69 Å². The topological polar surface area (TPSA) is 63.4 Å². The molecule has 0 spiro atoms. The second-order valence-electron chi connectivity index (χ2n) is 6.10. The third-order valence-electron chi connectivity index (χ3n) is 4.36. The van der Waals surface area contributed by atoms with Gasteiger partial charge in [0.2, 0.25) is 5.89 Å². The minimum atomic E-state index is -0.420. The minimum absolute atomic E-state index is 0.0984. The number of nitrogens with zero attached hydrogens (tertiary/aromatic N) is 2. The van der Waals surface area contributed by atoms with Crippen molar-refractivity contribution in [1.29, 1.82) is 0 Å². The molecule has 1 heterocycles. The molecule has 5 heteroatoms. The van der Waals surface area contributed by atoms with Crippen molar-refractivity contribution >= 4 is 22.5 Å². The lowest BCUT2D eigenvalue weighted by Gasteiger charge is -2.17. The van der Waals surface area contributed by atoms with Gasteiger partial charge < -0.3 is 9.32 Å². The van der Waals surface area contributed by atoms with Gasteiger partial charge in [-0.1, -0.05) is 30.3 Å². The van der Waals surface area contributed by atoms with Gasteiger partial charge in [0.05, 0.1) is 10.9 Å². The molecule has 0 bridgehead atoms. The number of hydrogen-bond donors (Lipinski definition) is 0. The van der Waals surface area contributed by atoms with Crippen molar-refractivity contribution in [3.05, 3.63) is 94.8 Å². The summed E-state index contributed by atoms with van der Waals surface area (Å²) in [5, 5.41) is 0.450. The van der Waals surface area contributed by atoms with Crippen molar-refractivity contribution < 1.29 is 9.21 Å². The maximum absolute atomic E-state index is 12.5. The summed E-state index contributed by atoms with van der Waals surface area (Å²) in [5.41, 5.74) is 2.18. The zero-order valence-corrected chi connectivity index (χ0v) is 14.6. The van der Waals surface area contributed by atoms with E-state index in [1.165, 1.54) is 0 Å². The van der Waals surface area contributed by atoms with Crippen LogP contribution in [0.1, 0.15) is 10.4 Å². The van der Waals surface area contributed by atoms with Gasteiger partial charge >= 0.3 is 5.63 Å². The van der Waals surface area contributed by atoms with Crippen LogP contribution in [0.15, 0.2) is 88.1 Å². The number of para-hydroxylation sites is 1. The third kappa shape index (κ3) is 3.22. The maximum atomic E-state index is 12.5. The molecule has 0 aliphatic carbocycles. The predicted octanol–water partition coefficient (Wildman–Crippen LogP) is 4.13. The van der Waals surface area contributed by atoms with Gasteiger partial charge in [0.15, 0.2) is 0 Å². The highest BCUT2D eigenvalue weighted by atomic mass is 16.4. The lowest BCUT2D eigenvalue weighted by molar-refractivity contribution is 0.0993. The quantitative estimate of drug-likeness (QED) is 0.554. The van der Waals surface area contributed by atoms with Crippen LogP contribution in [0.2, 0.25) is 0 Å². The Labute approximate surface area is 155 Å². The van der Waals surface area contributed by atoms with Crippen LogP contribution >= 0.6 is 0 Å². The van der Waals surface area contributed by atoms with Gasteiger partial charge in [-0.25, -0.2) is 9.78 Å².